The molecule has 1 aromatic heterocycles. The maximum atomic E-state index is 10.6. The van der Waals surface area contributed by atoms with Gasteiger partial charge in [0, 0.05) is 30.2 Å². The number of nitrogens with one attached hydrogen (secondary N) is 1. The molecule has 0 saturated heterocycles. The number of hydrogen-bond donors (Lipinski definition) is 1. The van der Waals surface area contributed by atoms with E-state index in [1.165, 1.54) is 12.1 Å². The van der Waals surface area contributed by atoms with Crippen molar-refractivity contribution in [2.75, 3.05) is 5.43 Å². The largest absolute Gasteiger partial charge is 0.306 e. The maximum Gasteiger partial charge on any atom is 0.269 e. The Hall–Kier alpha value is -3.48. The first-order valence-electron chi connectivity index (χ1n) is 7.27. The maximum absolute atomic E-state index is 10.6. The van der Waals surface area contributed by atoms with Crippen LogP contribution >= 0.6 is 0 Å². The zero-order valence-corrected chi connectivity index (χ0v) is 13.0. The van der Waals surface area contributed by atoms with E-state index >= 15 is 0 Å². The normalized spacial score (nSPS) is 11.3. The fourth-order valence-corrected chi connectivity index (χ4v) is 2.16. The van der Waals surface area contributed by atoms with Gasteiger partial charge in [-0.1, -0.05) is 12.1 Å². The van der Waals surface area contributed by atoms with E-state index in [4.69, 9.17) is 0 Å². The molecule has 1 heterocycles. The fraction of sp³-hybridized carbons (Fsp3) is 0.0588. The molecule has 3 rings (SSSR count). The summed E-state index contributed by atoms with van der Waals surface area (Å²) in [7, 11) is 0. The van der Waals surface area contributed by atoms with Gasteiger partial charge in [0.1, 0.15) is 0 Å². The minimum atomic E-state index is -0.430. The van der Waals surface area contributed by atoms with Crippen LogP contribution in [0.3, 0.4) is 0 Å². The highest BCUT2D eigenvalue weighted by Gasteiger charge is 2.04. The van der Waals surface area contributed by atoms with Gasteiger partial charge in [-0.15, -0.1) is 0 Å². The highest BCUT2D eigenvalue weighted by atomic mass is 16.6. The lowest BCUT2D eigenvalue weighted by molar-refractivity contribution is -0.384. The summed E-state index contributed by atoms with van der Waals surface area (Å²) in [6.45, 7) is 1.89. The van der Waals surface area contributed by atoms with Crippen LogP contribution in [0.15, 0.2) is 72.4 Å². The quantitative estimate of drug-likeness (QED) is 0.442. The predicted molar refractivity (Wildman–Crippen MR) is 92.5 cm³/mol. The summed E-state index contributed by atoms with van der Waals surface area (Å²) in [5.74, 6) is 0. The van der Waals surface area contributed by atoms with Crippen LogP contribution < -0.4 is 5.43 Å². The molecule has 0 saturated carbocycles. The van der Waals surface area contributed by atoms with Crippen LogP contribution in [0, 0.1) is 10.1 Å². The molecule has 0 amide bonds. The Morgan fingerprint density at radius 2 is 1.88 bits per heavy atom. The molecular formula is C17H15N5O2. The monoisotopic (exact) mass is 321 g/mol. The Balaban J connectivity index is 1.70. The van der Waals surface area contributed by atoms with Crippen molar-refractivity contribution in [1.82, 2.24) is 9.55 Å². The summed E-state index contributed by atoms with van der Waals surface area (Å²) in [5, 5.41) is 14.9. The highest BCUT2D eigenvalue weighted by molar-refractivity contribution is 5.99. The van der Waals surface area contributed by atoms with E-state index < -0.39 is 4.92 Å². The zero-order chi connectivity index (χ0) is 16.9. The van der Waals surface area contributed by atoms with Crippen LogP contribution in [0.1, 0.15) is 12.5 Å². The second kappa shape index (κ2) is 6.74. The molecular weight excluding hydrogens is 306 g/mol. The predicted octanol–water partition coefficient (Wildman–Crippen LogP) is 3.62. The topological polar surface area (TPSA) is 85.4 Å². The van der Waals surface area contributed by atoms with Gasteiger partial charge in [0.15, 0.2) is 0 Å². The average Bonchev–Trinajstić information content (AvgIpc) is 3.15. The number of nitrogens with zero attached hydrogens (tertiary/aromatic N) is 4. The van der Waals surface area contributed by atoms with Crippen LogP contribution in [-0.4, -0.2) is 20.2 Å². The molecule has 0 atom stereocenters. The number of anilines is 1. The SMILES string of the molecule is C/C(=N\Nc1ccc([N+](=O)[O-])cc1)c1ccc(-n2ccnc2)cc1. The van der Waals surface area contributed by atoms with E-state index in [1.54, 1.807) is 24.7 Å². The Labute approximate surface area is 138 Å². The Bertz CT molecular complexity index is 853. The lowest BCUT2D eigenvalue weighted by atomic mass is 10.1. The number of aromatic nitrogens is 2. The summed E-state index contributed by atoms with van der Waals surface area (Å²) >= 11 is 0. The van der Waals surface area contributed by atoms with E-state index in [1.807, 2.05) is 42.0 Å². The summed E-state index contributed by atoms with van der Waals surface area (Å²) in [6, 6.07) is 14.1. The summed E-state index contributed by atoms with van der Waals surface area (Å²) in [5.41, 5.74) is 6.45. The smallest absolute Gasteiger partial charge is 0.269 e. The highest BCUT2D eigenvalue weighted by Crippen LogP contribution is 2.16. The van der Waals surface area contributed by atoms with Crippen LogP contribution in [0.4, 0.5) is 11.4 Å². The molecule has 7 nitrogen and oxygen atoms in total. The van der Waals surface area contributed by atoms with Crippen molar-refractivity contribution in [2.45, 2.75) is 6.92 Å². The molecule has 0 aliphatic carbocycles. The molecule has 2 aromatic carbocycles. The van der Waals surface area contributed by atoms with Crippen LogP contribution in [0.2, 0.25) is 0 Å². The first-order chi connectivity index (χ1) is 11.6. The van der Waals surface area contributed by atoms with Gasteiger partial charge in [-0.05, 0) is 36.8 Å². The zero-order valence-electron chi connectivity index (χ0n) is 13.0. The Morgan fingerprint density at radius 3 is 2.46 bits per heavy atom. The molecule has 0 aliphatic rings. The first kappa shape index (κ1) is 15.4. The van der Waals surface area contributed by atoms with Gasteiger partial charge >= 0.3 is 0 Å². The molecule has 0 aliphatic heterocycles. The van der Waals surface area contributed by atoms with E-state index in [-0.39, 0.29) is 5.69 Å². The van der Waals surface area contributed by atoms with Gasteiger partial charge < -0.3 is 4.57 Å². The molecule has 0 fully saturated rings. The van der Waals surface area contributed by atoms with Crippen LogP contribution in [0.5, 0.6) is 0 Å². The first-order valence-corrected chi connectivity index (χ1v) is 7.27. The summed E-state index contributed by atoms with van der Waals surface area (Å²) < 4.78 is 1.92. The molecule has 3 aromatic rings. The van der Waals surface area contributed by atoms with E-state index in [0.29, 0.717) is 5.69 Å². The number of nitro groups is 1. The number of imidazole rings is 1. The van der Waals surface area contributed by atoms with Gasteiger partial charge in [-0.2, -0.15) is 5.10 Å². The molecule has 7 heteroatoms. The van der Waals surface area contributed by atoms with Gasteiger partial charge in [-0.3, -0.25) is 15.5 Å². The van der Waals surface area contributed by atoms with Crippen molar-refractivity contribution < 1.29 is 4.92 Å². The van der Waals surface area contributed by atoms with Crippen molar-refractivity contribution in [3.8, 4) is 5.69 Å². The molecule has 24 heavy (non-hydrogen) atoms. The van der Waals surface area contributed by atoms with E-state index in [9.17, 15) is 10.1 Å². The number of hydrogen-bond acceptors (Lipinski definition) is 5. The summed E-state index contributed by atoms with van der Waals surface area (Å²) in [6.07, 6.45) is 5.35. The minimum absolute atomic E-state index is 0.0522. The number of benzene rings is 2. The molecule has 0 unspecified atom stereocenters. The lowest BCUT2D eigenvalue weighted by Gasteiger charge is -2.06. The second-order valence-electron chi connectivity index (χ2n) is 5.13. The van der Waals surface area contributed by atoms with E-state index in [0.717, 1.165) is 17.0 Å². The number of rotatable bonds is 5. The van der Waals surface area contributed by atoms with Crippen LogP contribution in [0.25, 0.3) is 5.69 Å². The third-order valence-electron chi connectivity index (χ3n) is 3.52. The Morgan fingerprint density at radius 1 is 1.17 bits per heavy atom. The van der Waals surface area contributed by atoms with Gasteiger partial charge in [-0.25, -0.2) is 4.98 Å². The molecule has 120 valence electrons. The van der Waals surface area contributed by atoms with Gasteiger partial charge in [0.05, 0.1) is 22.6 Å². The van der Waals surface area contributed by atoms with Crippen molar-refractivity contribution in [2.24, 2.45) is 5.10 Å². The number of hydrazone groups is 1. The third kappa shape index (κ3) is 3.46. The van der Waals surface area contributed by atoms with Gasteiger partial charge in [0.2, 0.25) is 0 Å². The van der Waals surface area contributed by atoms with Gasteiger partial charge in [0.25, 0.3) is 5.69 Å². The van der Waals surface area contributed by atoms with Crippen LogP contribution in [-0.2, 0) is 0 Å². The molecule has 0 bridgehead atoms. The lowest BCUT2D eigenvalue weighted by Crippen LogP contribution is -2.00. The fourth-order valence-electron chi connectivity index (χ4n) is 2.16. The number of non-ortho nitro benzene ring substituents is 1. The van der Waals surface area contributed by atoms with E-state index in [2.05, 4.69) is 15.5 Å². The Kier molecular flexibility index (Phi) is 4.33. The number of nitro benzene ring substituents is 1. The summed E-state index contributed by atoms with van der Waals surface area (Å²) in [4.78, 5) is 14.2. The van der Waals surface area contributed by atoms with Crippen molar-refractivity contribution in [3.05, 3.63) is 82.9 Å². The molecule has 0 spiro atoms. The standard InChI is InChI=1S/C17H15N5O2/c1-13(19-20-15-4-8-17(9-5-15)22(23)24)14-2-6-16(7-3-14)21-11-10-18-12-21/h2-12,20H,1H3/b19-13+. The second-order valence-corrected chi connectivity index (χ2v) is 5.13. The van der Waals surface area contributed by atoms with Crippen molar-refractivity contribution in [3.63, 3.8) is 0 Å². The average molecular weight is 321 g/mol. The van der Waals surface area contributed by atoms with Crippen molar-refractivity contribution >= 4 is 17.1 Å². The minimum Gasteiger partial charge on any atom is -0.306 e. The third-order valence-corrected chi connectivity index (χ3v) is 3.52. The molecule has 1 N–H and O–H groups in total. The van der Waals surface area contributed by atoms with Crippen molar-refractivity contribution in [1.29, 1.82) is 0 Å². The molecule has 0 radical (unpaired) electrons.